The van der Waals surface area contributed by atoms with Gasteiger partial charge in [-0.05, 0) is 36.8 Å². The van der Waals surface area contributed by atoms with E-state index in [1.165, 1.54) is 12.0 Å². The zero-order valence-electron chi connectivity index (χ0n) is 15.1. The number of aromatic nitrogens is 2. The molecule has 8 heteroatoms. The third-order valence-corrected chi connectivity index (χ3v) is 6.44. The number of carbonyl (C=O) groups is 1. The smallest absolute Gasteiger partial charge is 0.373 e. The third kappa shape index (κ3) is 3.65. The van der Waals surface area contributed by atoms with Crippen molar-refractivity contribution in [2.24, 2.45) is 0 Å². The summed E-state index contributed by atoms with van der Waals surface area (Å²) >= 11 is 9.23. The van der Waals surface area contributed by atoms with E-state index in [1.807, 2.05) is 24.3 Å². The molecule has 1 aromatic carbocycles. The van der Waals surface area contributed by atoms with Crippen LogP contribution in [0.25, 0.3) is 21.3 Å². The molecule has 0 N–H and O–H groups in total. The summed E-state index contributed by atoms with van der Waals surface area (Å²) in [6.45, 7) is 2.08. The van der Waals surface area contributed by atoms with Crippen molar-refractivity contribution in [1.29, 1.82) is 0 Å². The SMILES string of the molecule is COC(=O)c1ccc(CSc2ncnc3sc(C)c(-c4ccc(Cl)cc4)c23)o1. The summed E-state index contributed by atoms with van der Waals surface area (Å²) in [7, 11) is 1.33. The van der Waals surface area contributed by atoms with Crippen LogP contribution in [0.5, 0.6) is 0 Å². The Hall–Kier alpha value is -2.35. The summed E-state index contributed by atoms with van der Waals surface area (Å²) in [5.41, 5.74) is 2.20. The minimum atomic E-state index is -0.487. The zero-order chi connectivity index (χ0) is 19.7. The van der Waals surface area contributed by atoms with Crippen LogP contribution in [0.2, 0.25) is 5.02 Å². The molecular weight excluding hydrogens is 416 g/mol. The van der Waals surface area contributed by atoms with Gasteiger partial charge in [0.05, 0.1) is 18.2 Å². The van der Waals surface area contributed by atoms with Crippen LogP contribution in [0.15, 0.2) is 52.2 Å². The highest BCUT2D eigenvalue weighted by Crippen LogP contribution is 2.42. The van der Waals surface area contributed by atoms with Gasteiger partial charge in [-0.15, -0.1) is 11.3 Å². The number of hydrogen-bond acceptors (Lipinski definition) is 7. The minimum absolute atomic E-state index is 0.194. The van der Waals surface area contributed by atoms with E-state index in [0.717, 1.165) is 26.4 Å². The molecule has 0 fully saturated rings. The largest absolute Gasteiger partial charge is 0.463 e. The van der Waals surface area contributed by atoms with Gasteiger partial charge in [0.15, 0.2) is 0 Å². The van der Waals surface area contributed by atoms with E-state index in [1.54, 1.807) is 41.6 Å². The number of thiophene rings is 1. The highest BCUT2D eigenvalue weighted by atomic mass is 35.5. The Labute approximate surface area is 174 Å². The zero-order valence-corrected chi connectivity index (χ0v) is 17.5. The lowest BCUT2D eigenvalue weighted by molar-refractivity contribution is 0.0563. The predicted molar refractivity (Wildman–Crippen MR) is 112 cm³/mol. The van der Waals surface area contributed by atoms with Crippen molar-refractivity contribution in [2.75, 3.05) is 7.11 Å². The molecule has 0 aliphatic rings. The molecule has 0 bridgehead atoms. The van der Waals surface area contributed by atoms with E-state index < -0.39 is 5.97 Å². The number of methoxy groups -OCH3 is 1. The Morgan fingerprint density at radius 3 is 2.75 bits per heavy atom. The number of benzene rings is 1. The average molecular weight is 431 g/mol. The summed E-state index contributed by atoms with van der Waals surface area (Å²) in [5, 5.41) is 2.60. The first kappa shape index (κ1) is 19.0. The number of furan rings is 1. The Bertz CT molecular complexity index is 1150. The van der Waals surface area contributed by atoms with Crippen LogP contribution in [0.3, 0.4) is 0 Å². The maximum atomic E-state index is 11.6. The van der Waals surface area contributed by atoms with Gasteiger partial charge in [-0.3, -0.25) is 0 Å². The highest BCUT2D eigenvalue weighted by Gasteiger charge is 2.18. The fraction of sp³-hybridized carbons (Fsp3) is 0.150. The molecular formula is C20H15ClN2O3S2. The Kier molecular flexibility index (Phi) is 5.39. The first-order chi connectivity index (χ1) is 13.6. The van der Waals surface area contributed by atoms with Gasteiger partial charge in [0, 0.05) is 15.5 Å². The van der Waals surface area contributed by atoms with Crippen molar-refractivity contribution in [3.63, 3.8) is 0 Å². The van der Waals surface area contributed by atoms with E-state index in [2.05, 4.69) is 21.6 Å². The van der Waals surface area contributed by atoms with Crippen LogP contribution in [0.1, 0.15) is 21.2 Å². The summed E-state index contributed by atoms with van der Waals surface area (Å²) in [5.74, 6) is 0.924. The molecule has 142 valence electrons. The second kappa shape index (κ2) is 7.95. The van der Waals surface area contributed by atoms with Crippen molar-refractivity contribution >= 4 is 50.9 Å². The van der Waals surface area contributed by atoms with Crippen LogP contribution < -0.4 is 0 Å². The first-order valence-corrected chi connectivity index (χ1v) is 10.5. The minimum Gasteiger partial charge on any atom is -0.463 e. The molecule has 5 nitrogen and oxygen atoms in total. The van der Waals surface area contributed by atoms with E-state index >= 15 is 0 Å². The number of aryl methyl sites for hydroxylation is 1. The number of thioether (sulfide) groups is 1. The molecule has 0 saturated carbocycles. The molecule has 0 radical (unpaired) electrons. The molecule has 3 heterocycles. The predicted octanol–water partition coefficient (Wildman–Crippen LogP) is 5.99. The number of rotatable bonds is 5. The monoisotopic (exact) mass is 430 g/mol. The Balaban J connectivity index is 1.68. The van der Waals surface area contributed by atoms with Gasteiger partial charge in [-0.25, -0.2) is 14.8 Å². The standard InChI is InChI=1S/C20H15ClN2O3S2/c1-11-16(12-3-5-13(21)6-4-12)17-18(22-10-23-19(17)28-11)27-9-14-7-8-15(26-14)20(24)25-2/h3-8,10H,9H2,1-2H3. The quantitative estimate of drug-likeness (QED) is 0.220. The molecule has 4 aromatic rings. The topological polar surface area (TPSA) is 65.2 Å². The molecule has 0 amide bonds. The maximum Gasteiger partial charge on any atom is 0.373 e. The molecule has 0 spiro atoms. The van der Waals surface area contributed by atoms with E-state index in [0.29, 0.717) is 16.5 Å². The van der Waals surface area contributed by atoms with Gasteiger partial charge in [0.2, 0.25) is 5.76 Å². The lowest BCUT2D eigenvalue weighted by atomic mass is 10.0. The van der Waals surface area contributed by atoms with Gasteiger partial charge < -0.3 is 9.15 Å². The average Bonchev–Trinajstić information content (AvgIpc) is 3.30. The number of ether oxygens (including phenoxy) is 1. The van der Waals surface area contributed by atoms with Crippen LogP contribution in [-0.4, -0.2) is 23.0 Å². The molecule has 28 heavy (non-hydrogen) atoms. The van der Waals surface area contributed by atoms with E-state index in [9.17, 15) is 4.79 Å². The van der Waals surface area contributed by atoms with Crippen LogP contribution in [0, 0.1) is 6.92 Å². The fourth-order valence-corrected chi connectivity index (χ4v) is 5.00. The van der Waals surface area contributed by atoms with Crippen molar-refractivity contribution in [2.45, 2.75) is 17.7 Å². The summed E-state index contributed by atoms with van der Waals surface area (Å²) < 4.78 is 10.2. The first-order valence-electron chi connectivity index (χ1n) is 8.36. The van der Waals surface area contributed by atoms with Crippen molar-refractivity contribution in [3.05, 3.63) is 64.1 Å². The molecule has 0 saturated heterocycles. The van der Waals surface area contributed by atoms with Crippen molar-refractivity contribution < 1.29 is 13.9 Å². The Morgan fingerprint density at radius 2 is 2.00 bits per heavy atom. The van der Waals surface area contributed by atoms with Gasteiger partial charge >= 0.3 is 5.97 Å². The van der Waals surface area contributed by atoms with Gasteiger partial charge in [-0.1, -0.05) is 35.5 Å². The number of fused-ring (bicyclic) bond motifs is 1. The summed E-state index contributed by atoms with van der Waals surface area (Å²) in [6, 6.07) is 11.2. The highest BCUT2D eigenvalue weighted by molar-refractivity contribution is 7.98. The molecule has 0 unspecified atom stereocenters. The second-order valence-corrected chi connectivity index (χ2v) is 8.55. The molecule has 3 aromatic heterocycles. The number of carbonyl (C=O) groups excluding carboxylic acids is 1. The molecule has 0 atom stereocenters. The lowest BCUT2D eigenvalue weighted by Crippen LogP contribution is -1.98. The number of nitrogens with zero attached hydrogens (tertiary/aromatic N) is 2. The number of hydrogen-bond donors (Lipinski definition) is 0. The van der Waals surface area contributed by atoms with Crippen molar-refractivity contribution in [1.82, 2.24) is 9.97 Å². The third-order valence-electron chi connectivity index (χ3n) is 4.16. The maximum absolute atomic E-state index is 11.6. The van der Waals surface area contributed by atoms with E-state index in [-0.39, 0.29) is 5.76 Å². The second-order valence-electron chi connectivity index (χ2n) is 5.95. The summed E-state index contributed by atoms with van der Waals surface area (Å²) in [4.78, 5) is 22.6. The van der Waals surface area contributed by atoms with Crippen LogP contribution in [0.4, 0.5) is 0 Å². The lowest BCUT2D eigenvalue weighted by Gasteiger charge is -2.06. The number of esters is 1. The van der Waals surface area contributed by atoms with E-state index in [4.69, 9.17) is 16.0 Å². The molecule has 4 rings (SSSR count). The van der Waals surface area contributed by atoms with Crippen LogP contribution in [-0.2, 0) is 10.5 Å². The van der Waals surface area contributed by atoms with Crippen LogP contribution >= 0.6 is 34.7 Å². The number of halogens is 1. The van der Waals surface area contributed by atoms with Gasteiger partial charge in [-0.2, -0.15) is 0 Å². The Morgan fingerprint density at radius 1 is 1.21 bits per heavy atom. The van der Waals surface area contributed by atoms with Crippen molar-refractivity contribution in [3.8, 4) is 11.1 Å². The van der Waals surface area contributed by atoms with Gasteiger partial charge in [0.1, 0.15) is 21.9 Å². The molecule has 0 aliphatic heterocycles. The van der Waals surface area contributed by atoms with Gasteiger partial charge in [0.25, 0.3) is 0 Å². The summed E-state index contributed by atoms with van der Waals surface area (Å²) in [6.07, 6.45) is 1.58. The molecule has 0 aliphatic carbocycles. The normalized spacial score (nSPS) is 11.1. The fourth-order valence-electron chi connectivity index (χ4n) is 2.90.